The van der Waals surface area contributed by atoms with Gasteiger partial charge >= 0.3 is 11.9 Å². The van der Waals surface area contributed by atoms with Crippen molar-refractivity contribution in [2.24, 2.45) is 17.6 Å². The number of rotatable bonds is 25. The number of aliphatic carboxylic acids is 1. The van der Waals surface area contributed by atoms with Gasteiger partial charge in [0.1, 0.15) is 42.6 Å². The predicted molar refractivity (Wildman–Crippen MR) is 234 cm³/mol. The standard InChI is InChI=1S/C45H65N7O12/c1-26(2)11-9-15-37(55)47-32(23-30-16-18-31(54)19-17-30)40(57)50-35(25-64-38(56)24-46)42(59)48-33(22-29-12-7-6-8-13-29)41(58)49-34(21-27(3)4)44(61)52-20-10-14-36(52)43(60)51-39(28(5)53)45(62)63/h6-8,12-13,16-19,26-28,32-36,39,53-54H,9-11,14-15,20-25,46H2,1-5H3,(H,47,55)(H,48,59)(H,49,58)(H,50,57)(H,51,60)(H,62,63)/t28-,32+,33+,34-,35-,36+,39+/m1/s1. The number of aliphatic hydroxyl groups is 1. The molecule has 7 atom stereocenters. The van der Waals surface area contributed by atoms with Gasteiger partial charge in [0.05, 0.1) is 12.6 Å². The second-order valence-electron chi connectivity index (χ2n) is 16.9. The third-order valence-electron chi connectivity index (χ3n) is 10.5. The minimum absolute atomic E-state index is 0.0119. The zero-order chi connectivity index (χ0) is 47.5. The number of phenolic OH excluding ortho intramolecular Hbond substituents is 1. The fourth-order valence-corrected chi connectivity index (χ4v) is 7.14. The van der Waals surface area contributed by atoms with E-state index in [4.69, 9.17) is 10.5 Å². The second-order valence-corrected chi connectivity index (χ2v) is 16.9. The molecule has 0 unspecified atom stereocenters. The Morgan fingerprint density at radius 3 is 1.88 bits per heavy atom. The maximum atomic E-state index is 14.3. The van der Waals surface area contributed by atoms with E-state index in [-0.39, 0.29) is 50.3 Å². The lowest BCUT2D eigenvalue weighted by Gasteiger charge is -2.31. The number of carbonyl (C=O) groups excluding carboxylic acids is 7. The van der Waals surface area contributed by atoms with Crippen LogP contribution in [0.25, 0.3) is 0 Å². The Morgan fingerprint density at radius 1 is 0.750 bits per heavy atom. The summed E-state index contributed by atoms with van der Waals surface area (Å²) in [7, 11) is 0. The lowest BCUT2D eigenvalue weighted by atomic mass is 10.00. The molecule has 1 fully saturated rings. The van der Waals surface area contributed by atoms with E-state index >= 15 is 0 Å². The van der Waals surface area contributed by atoms with Crippen LogP contribution in [-0.2, 0) is 55.9 Å². The summed E-state index contributed by atoms with van der Waals surface area (Å²) in [5.74, 6) is -6.52. The van der Waals surface area contributed by atoms with Crippen molar-refractivity contribution in [3.8, 4) is 5.75 Å². The van der Waals surface area contributed by atoms with E-state index in [0.717, 1.165) is 6.42 Å². The Labute approximate surface area is 373 Å². The zero-order valence-electron chi connectivity index (χ0n) is 37.2. The number of aliphatic hydroxyl groups excluding tert-OH is 1. The van der Waals surface area contributed by atoms with Crippen molar-refractivity contribution in [3.63, 3.8) is 0 Å². The molecule has 10 N–H and O–H groups in total. The van der Waals surface area contributed by atoms with Gasteiger partial charge in [-0.25, -0.2) is 4.79 Å². The molecule has 0 aromatic heterocycles. The Balaban J connectivity index is 1.92. The number of benzene rings is 2. The van der Waals surface area contributed by atoms with Crippen molar-refractivity contribution in [2.45, 2.75) is 128 Å². The summed E-state index contributed by atoms with van der Waals surface area (Å²) < 4.78 is 5.20. The number of carbonyl (C=O) groups is 8. The fraction of sp³-hybridized carbons (Fsp3) is 0.556. The number of ether oxygens (including phenoxy) is 1. The number of hydrogen-bond acceptors (Lipinski definition) is 12. The molecule has 0 saturated carbocycles. The zero-order valence-corrected chi connectivity index (χ0v) is 37.2. The molecule has 3 rings (SSSR count). The van der Waals surface area contributed by atoms with Gasteiger partial charge in [0, 0.05) is 25.8 Å². The molecule has 0 aliphatic carbocycles. The van der Waals surface area contributed by atoms with Gasteiger partial charge in [-0.1, -0.05) is 76.6 Å². The number of nitrogens with zero attached hydrogens (tertiary/aromatic N) is 1. The van der Waals surface area contributed by atoms with Crippen LogP contribution in [0, 0.1) is 11.8 Å². The van der Waals surface area contributed by atoms with E-state index in [9.17, 15) is 53.7 Å². The summed E-state index contributed by atoms with van der Waals surface area (Å²) >= 11 is 0. The van der Waals surface area contributed by atoms with Crippen LogP contribution in [0.1, 0.15) is 84.3 Å². The lowest BCUT2D eigenvalue weighted by molar-refractivity contribution is -0.147. The molecule has 19 nitrogen and oxygen atoms in total. The molecule has 0 spiro atoms. The summed E-state index contributed by atoms with van der Waals surface area (Å²) in [5.41, 5.74) is 6.64. The van der Waals surface area contributed by atoms with Crippen LogP contribution in [0.15, 0.2) is 54.6 Å². The number of nitrogens with one attached hydrogen (secondary N) is 5. The Hall–Kier alpha value is -6.08. The number of phenols is 1. The molecular formula is C45H65N7O12. The molecule has 1 aliphatic heterocycles. The molecule has 2 aromatic rings. The fourth-order valence-electron chi connectivity index (χ4n) is 7.14. The van der Waals surface area contributed by atoms with Gasteiger partial charge in [-0.05, 0) is 67.7 Å². The third kappa shape index (κ3) is 17.2. The lowest BCUT2D eigenvalue weighted by Crippen LogP contribution is -2.61. The number of carboxylic acid groups (broad SMARTS) is 1. The molecule has 19 heteroatoms. The average molecular weight is 896 g/mol. The molecule has 6 amide bonds. The van der Waals surface area contributed by atoms with Crippen LogP contribution < -0.4 is 32.3 Å². The number of amides is 6. The Kier molecular flexibility index (Phi) is 21.1. The van der Waals surface area contributed by atoms with Crippen molar-refractivity contribution < 1.29 is 58.4 Å². The minimum Gasteiger partial charge on any atom is -0.508 e. The quantitative estimate of drug-likeness (QED) is 0.0612. The largest absolute Gasteiger partial charge is 0.508 e. The van der Waals surface area contributed by atoms with Crippen LogP contribution >= 0.6 is 0 Å². The Morgan fingerprint density at radius 2 is 1.31 bits per heavy atom. The van der Waals surface area contributed by atoms with Crippen molar-refractivity contribution >= 4 is 47.4 Å². The average Bonchev–Trinajstić information content (AvgIpc) is 3.74. The van der Waals surface area contributed by atoms with Crippen LogP contribution in [0.4, 0.5) is 0 Å². The highest BCUT2D eigenvalue weighted by Crippen LogP contribution is 2.21. The molecule has 352 valence electrons. The molecule has 64 heavy (non-hydrogen) atoms. The maximum Gasteiger partial charge on any atom is 0.328 e. The van der Waals surface area contributed by atoms with Crippen molar-refractivity contribution in [2.75, 3.05) is 19.7 Å². The van der Waals surface area contributed by atoms with Crippen LogP contribution in [-0.4, -0.2) is 130 Å². The number of likely N-dealkylation sites (tertiary alicyclic amines) is 1. The van der Waals surface area contributed by atoms with Gasteiger partial charge in [-0.3, -0.25) is 33.6 Å². The first-order chi connectivity index (χ1) is 30.3. The molecule has 1 aliphatic rings. The predicted octanol–water partition coefficient (Wildman–Crippen LogP) is 0.432. The molecular weight excluding hydrogens is 831 g/mol. The first-order valence-corrected chi connectivity index (χ1v) is 21.7. The number of hydrogen-bond donors (Lipinski definition) is 9. The second kappa shape index (κ2) is 25.9. The highest BCUT2D eigenvalue weighted by molar-refractivity contribution is 5.97. The van der Waals surface area contributed by atoms with Crippen LogP contribution in [0.3, 0.4) is 0 Å². The summed E-state index contributed by atoms with van der Waals surface area (Å²) in [6.07, 6.45) is 0.651. The number of nitrogens with two attached hydrogens (primary N) is 1. The summed E-state index contributed by atoms with van der Waals surface area (Å²) in [6.45, 7) is 7.79. The van der Waals surface area contributed by atoms with Gasteiger partial charge in [0.2, 0.25) is 35.4 Å². The third-order valence-corrected chi connectivity index (χ3v) is 10.5. The molecule has 0 radical (unpaired) electrons. The van der Waals surface area contributed by atoms with Gasteiger partial charge in [-0.2, -0.15) is 0 Å². The summed E-state index contributed by atoms with van der Waals surface area (Å²) in [5, 5.41) is 42.3. The normalized spacial score (nSPS) is 16.4. The smallest absolute Gasteiger partial charge is 0.328 e. The number of carboxylic acids is 1. The SMILES string of the molecule is CC(C)CCCC(=O)N[C@@H](Cc1ccc(O)cc1)C(=O)N[C@H](COC(=O)CN)C(=O)N[C@@H](Cc1ccccc1)C(=O)N[C@H](CC(C)C)C(=O)N1CCC[C@H]1C(=O)N[C@H](C(=O)O)[C@@H](C)O. The van der Waals surface area contributed by atoms with Gasteiger partial charge < -0.3 is 57.3 Å². The van der Waals surface area contributed by atoms with Crippen LogP contribution in [0.5, 0.6) is 5.75 Å². The molecule has 1 heterocycles. The van der Waals surface area contributed by atoms with Gasteiger partial charge in [-0.15, -0.1) is 0 Å². The monoisotopic (exact) mass is 895 g/mol. The van der Waals surface area contributed by atoms with Gasteiger partial charge in [0.25, 0.3) is 0 Å². The van der Waals surface area contributed by atoms with E-state index < -0.39 is 103 Å². The Bertz CT molecular complexity index is 1890. The van der Waals surface area contributed by atoms with Crippen molar-refractivity contribution in [1.29, 1.82) is 0 Å². The first kappa shape index (κ1) is 52.3. The number of esters is 1. The molecule has 1 saturated heterocycles. The number of aromatic hydroxyl groups is 1. The first-order valence-electron chi connectivity index (χ1n) is 21.7. The van der Waals surface area contributed by atoms with E-state index in [1.54, 1.807) is 42.5 Å². The highest BCUT2D eigenvalue weighted by atomic mass is 16.5. The molecule has 0 bridgehead atoms. The minimum atomic E-state index is -1.62. The van der Waals surface area contributed by atoms with Crippen LogP contribution in [0.2, 0.25) is 0 Å². The molecule has 2 aromatic carbocycles. The van der Waals surface area contributed by atoms with E-state index in [1.807, 2.05) is 27.7 Å². The van der Waals surface area contributed by atoms with E-state index in [2.05, 4.69) is 26.6 Å². The van der Waals surface area contributed by atoms with Crippen molar-refractivity contribution in [3.05, 3.63) is 65.7 Å². The van der Waals surface area contributed by atoms with E-state index in [1.165, 1.54) is 24.0 Å². The van der Waals surface area contributed by atoms with Gasteiger partial charge in [0.15, 0.2) is 6.04 Å². The summed E-state index contributed by atoms with van der Waals surface area (Å²) in [4.78, 5) is 108. The maximum absolute atomic E-state index is 14.3. The topological polar surface area (TPSA) is 296 Å². The van der Waals surface area contributed by atoms with E-state index in [0.29, 0.717) is 29.9 Å². The van der Waals surface area contributed by atoms with Crippen molar-refractivity contribution in [1.82, 2.24) is 31.5 Å². The highest BCUT2D eigenvalue weighted by Gasteiger charge is 2.40. The summed E-state index contributed by atoms with van der Waals surface area (Å²) in [6, 6.07) is 6.52.